The Labute approximate surface area is 124 Å². The molecule has 4 nitrogen and oxygen atoms in total. The summed E-state index contributed by atoms with van der Waals surface area (Å²) in [7, 11) is 0. The van der Waals surface area contributed by atoms with Gasteiger partial charge in [0.25, 0.3) is 0 Å². The molecule has 0 spiro atoms. The van der Waals surface area contributed by atoms with Gasteiger partial charge in [-0.2, -0.15) is 0 Å². The summed E-state index contributed by atoms with van der Waals surface area (Å²) in [6.07, 6.45) is 4.48. The standard InChI is InChI=1S/C16H33N3O/c1-12(2)11-13(16(3,4)5)15(20)19-10-8-6-7-9-14(17)18/h12-13H,6-11H2,1-5H3,(H3,17,18)(H,19,20)/t13-/m0/s1. The Morgan fingerprint density at radius 2 is 1.80 bits per heavy atom. The fraction of sp³-hybridized carbons (Fsp3) is 0.875. The molecule has 0 radical (unpaired) electrons. The number of unbranched alkanes of at least 4 members (excludes halogenated alkanes) is 2. The van der Waals surface area contributed by atoms with Gasteiger partial charge in [0.1, 0.15) is 0 Å². The highest BCUT2D eigenvalue weighted by atomic mass is 16.1. The number of amides is 1. The smallest absolute Gasteiger partial charge is 0.223 e. The van der Waals surface area contributed by atoms with Crippen molar-refractivity contribution in [1.29, 1.82) is 5.41 Å². The van der Waals surface area contributed by atoms with Crippen molar-refractivity contribution in [2.24, 2.45) is 23.0 Å². The van der Waals surface area contributed by atoms with Crippen LogP contribution in [-0.4, -0.2) is 18.3 Å². The highest BCUT2D eigenvalue weighted by Crippen LogP contribution is 2.31. The molecule has 0 unspecified atom stereocenters. The van der Waals surface area contributed by atoms with Crippen LogP contribution in [0.15, 0.2) is 0 Å². The highest BCUT2D eigenvalue weighted by Gasteiger charge is 2.31. The third-order valence-electron chi connectivity index (χ3n) is 3.49. The first-order valence-electron chi connectivity index (χ1n) is 7.75. The average Bonchev–Trinajstić information content (AvgIpc) is 2.28. The number of carbonyl (C=O) groups is 1. The van der Waals surface area contributed by atoms with Gasteiger partial charge in [0.05, 0.1) is 5.84 Å². The topological polar surface area (TPSA) is 79.0 Å². The van der Waals surface area contributed by atoms with E-state index in [1.165, 1.54) is 0 Å². The van der Waals surface area contributed by atoms with Crippen molar-refractivity contribution in [2.45, 2.75) is 66.7 Å². The third kappa shape index (κ3) is 8.94. The number of hydrogen-bond acceptors (Lipinski definition) is 2. The summed E-state index contributed by atoms with van der Waals surface area (Å²) in [5.41, 5.74) is 5.31. The van der Waals surface area contributed by atoms with Gasteiger partial charge >= 0.3 is 0 Å². The molecule has 0 aromatic heterocycles. The molecule has 0 heterocycles. The Kier molecular flexibility index (Phi) is 8.51. The van der Waals surface area contributed by atoms with Gasteiger partial charge in [0.2, 0.25) is 5.91 Å². The van der Waals surface area contributed by atoms with Crippen LogP contribution >= 0.6 is 0 Å². The van der Waals surface area contributed by atoms with Crippen molar-refractivity contribution in [3.8, 4) is 0 Å². The molecular formula is C16H33N3O. The SMILES string of the molecule is CC(C)C[C@@H](C(=O)NCCCCCC(=N)N)C(C)(C)C. The molecule has 1 atom stereocenters. The molecule has 0 aliphatic rings. The summed E-state index contributed by atoms with van der Waals surface area (Å²) in [4.78, 5) is 12.3. The number of hydrogen-bond donors (Lipinski definition) is 3. The lowest BCUT2D eigenvalue weighted by atomic mass is 9.76. The molecule has 20 heavy (non-hydrogen) atoms. The second kappa shape index (κ2) is 8.98. The minimum absolute atomic E-state index is 0.00296. The minimum atomic E-state index is 0.00296. The summed E-state index contributed by atoms with van der Waals surface area (Å²) in [5, 5.41) is 10.2. The molecule has 0 rings (SSSR count). The summed E-state index contributed by atoms with van der Waals surface area (Å²) < 4.78 is 0. The van der Waals surface area contributed by atoms with Crippen molar-refractivity contribution in [3.63, 3.8) is 0 Å². The van der Waals surface area contributed by atoms with Gasteiger partial charge in [0, 0.05) is 18.9 Å². The lowest BCUT2D eigenvalue weighted by Gasteiger charge is -2.31. The Bertz CT molecular complexity index is 305. The van der Waals surface area contributed by atoms with Crippen molar-refractivity contribution >= 4 is 11.7 Å². The maximum Gasteiger partial charge on any atom is 0.223 e. The molecular weight excluding hydrogens is 250 g/mol. The van der Waals surface area contributed by atoms with Crippen LogP contribution in [0.1, 0.15) is 66.7 Å². The zero-order valence-electron chi connectivity index (χ0n) is 13.9. The van der Waals surface area contributed by atoms with Crippen molar-refractivity contribution in [1.82, 2.24) is 5.32 Å². The van der Waals surface area contributed by atoms with Crippen molar-refractivity contribution < 1.29 is 4.79 Å². The zero-order chi connectivity index (χ0) is 15.8. The fourth-order valence-electron chi connectivity index (χ4n) is 2.28. The first-order valence-corrected chi connectivity index (χ1v) is 7.75. The van der Waals surface area contributed by atoms with E-state index in [0.717, 1.165) is 32.2 Å². The van der Waals surface area contributed by atoms with Crippen molar-refractivity contribution in [2.75, 3.05) is 6.54 Å². The molecule has 4 heteroatoms. The molecule has 4 N–H and O–H groups in total. The Morgan fingerprint density at radius 1 is 1.20 bits per heavy atom. The van der Waals surface area contributed by atoms with Crippen LogP contribution < -0.4 is 11.1 Å². The lowest BCUT2D eigenvalue weighted by molar-refractivity contribution is -0.128. The van der Waals surface area contributed by atoms with Crippen LogP contribution in [0.5, 0.6) is 0 Å². The first-order chi connectivity index (χ1) is 9.14. The molecule has 0 bridgehead atoms. The van der Waals surface area contributed by atoms with Crippen molar-refractivity contribution in [3.05, 3.63) is 0 Å². The van der Waals surface area contributed by atoms with E-state index < -0.39 is 0 Å². The number of nitrogens with two attached hydrogens (primary N) is 1. The minimum Gasteiger partial charge on any atom is -0.388 e. The summed E-state index contributed by atoms with van der Waals surface area (Å²) >= 11 is 0. The zero-order valence-corrected chi connectivity index (χ0v) is 13.9. The molecule has 0 saturated carbocycles. The van der Waals surface area contributed by atoms with E-state index in [2.05, 4.69) is 39.9 Å². The van der Waals surface area contributed by atoms with E-state index in [4.69, 9.17) is 11.1 Å². The predicted octanol–water partition coefficient (Wildman–Crippen LogP) is 3.31. The maximum absolute atomic E-state index is 12.3. The Hall–Kier alpha value is -1.06. The number of amidine groups is 1. The largest absolute Gasteiger partial charge is 0.388 e. The third-order valence-corrected chi connectivity index (χ3v) is 3.49. The molecule has 0 aromatic rings. The maximum atomic E-state index is 12.3. The van der Waals surface area contributed by atoms with Gasteiger partial charge in [0.15, 0.2) is 0 Å². The Morgan fingerprint density at radius 3 is 2.25 bits per heavy atom. The van der Waals surface area contributed by atoms with Crippen LogP contribution in [0.2, 0.25) is 0 Å². The molecule has 0 aromatic carbocycles. The van der Waals surface area contributed by atoms with Gasteiger partial charge in [-0.1, -0.05) is 41.0 Å². The Balaban J connectivity index is 4.05. The fourth-order valence-corrected chi connectivity index (χ4v) is 2.28. The van der Waals surface area contributed by atoms with Gasteiger partial charge in [-0.25, -0.2) is 0 Å². The second-order valence-electron chi connectivity index (χ2n) is 7.18. The average molecular weight is 283 g/mol. The molecule has 0 aliphatic heterocycles. The molecule has 0 saturated heterocycles. The normalized spacial score (nSPS) is 13.3. The van der Waals surface area contributed by atoms with Crippen LogP contribution in [0.3, 0.4) is 0 Å². The van der Waals surface area contributed by atoms with E-state index in [9.17, 15) is 4.79 Å². The second-order valence-corrected chi connectivity index (χ2v) is 7.18. The highest BCUT2D eigenvalue weighted by molar-refractivity contribution is 5.79. The number of nitrogens with one attached hydrogen (secondary N) is 2. The summed E-state index contributed by atoms with van der Waals surface area (Å²) in [5.74, 6) is 1.02. The van der Waals surface area contributed by atoms with Gasteiger partial charge < -0.3 is 11.1 Å². The summed E-state index contributed by atoms with van der Waals surface area (Å²) in [6, 6.07) is 0. The van der Waals surface area contributed by atoms with Crippen LogP contribution in [0, 0.1) is 22.7 Å². The van der Waals surface area contributed by atoms with E-state index in [-0.39, 0.29) is 23.1 Å². The van der Waals surface area contributed by atoms with E-state index in [1.54, 1.807) is 0 Å². The monoisotopic (exact) mass is 283 g/mol. The van der Waals surface area contributed by atoms with E-state index in [1.807, 2.05) is 0 Å². The molecule has 0 fully saturated rings. The number of rotatable bonds is 9. The van der Waals surface area contributed by atoms with E-state index >= 15 is 0 Å². The predicted molar refractivity (Wildman–Crippen MR) is 85.8 cm³/mol. The molecule has 118 valence electrons. The van der Waals surface area contributed by atoms with Gasteiger partial charge in [-0.15, -0.1) is 0 Å². The number of carbonyl (C=O) groups excluding carboxylic acids is 1. The molecule has 1 amide bonds. The molecule has 0 aliphatic carbocycles. The first kappa shape index (κ1) is 18.9. The quantitative estimate of drug-likeness (QED) is 0.345. The van der Waals surface area contributed by atoms with Crippen LogP contribution in [-0.2, 0) is 4.79 Å². The lowest BCUT2D eigenvalue weighted by Crippen LogP contribution is -2.39. The van der Waals surface area contributed by atoms with Gasteiger partial charge in [-0.3, -0.25) is 10.2 Å². The van der Waals surface area contributed by atoms with Crippen LogP contribution in [0.25, 0.3) is 0 Å². The van der Waals surface area contributed by atoms with Crippen LogP contribution in [0.4, 0.5) is 0 Å². The van der Waals surface area contributed by atoms with Gasteiger partial charge in [-0.05, 0) is 30.6 Å². The summed E-state index contributed by atoms with van der Waals surface area (Å²) in [6.45, 7) is 11.4. The van der Waals surface area contributed by atoms with E-state index in [0.29, 0.717) is 12.3 Å².